The summed E-state index contributed by atoms with van der Waals surface area (Å²) in [6, 6.07) is 7.38. The molecule has 0 radical (unpaired) electrons. The molecule has 1 nitrogen and oxygen atoms in total. The molecule has 0 aliphatic rings. The van der Waals surface area contributed by atoms with Crippen LogP contribution in [-0.2, 0) is 6.54 Å². The van der Waals surface area contributed by atoms with E-state index in [1.807, 2.05) is 13.0 Å². The molecule has 2 rings (SSSR count). The fraction of sp³-hybridized carbons (Fsp3) is 0.167. The zero-order chi connectivity index (χ0) is 12.4. The number of hydrogen-bond acceptors (Lipinski definition) is 2. The Kier molecular flexibility index (Phi) is 4.22. The first-order valence-electron chi connectivity index (χ1n) is 5.00. The maximum absolute atomic E-state index is 13.2. The topological polar surface area (TPSA) is 12.0 Å². The van der Waals surface area contributed by atoms with Crippen LogP contribution in [0.1, 0.15) is 10.4 Å². The molecule has 0 amide bonds. The maximum Gasteiger partial charge on any atom is 0.137 e. The molecule has 0 fully saturated rings. The third kappa shape index (κ3) is 3.30. The van der Waals surface area contributed by atoms with Gasteiger partial charge in [0.1, 0.15) is 5.82 Å². The predicted octanol–water partition coefficient (Wildman–Crippen LogP) is 5.33. The van der Waals surface area contributed by atoms with Crippen molar-refractivity contribution in [3.8, 4) is 0 Å². The molecule has 0 unspecified atom stereocenters. The quantitative estimate of drug-likeness (QED) is 0.760. The average Bonchev–Trinajstić information content (AvgIpc) is 2.68. The summed E-state index contributed by atoms with van der Waals surface area (Å²) in [5, 5.41) is 3.30. The van der Waals surface area contributed by atoms with Crippen molar-refractivity contribution >= 4 is 48.9 Å². The first-order valence-corrected chi connectivity index (χ1v) is 7.40. The summed E-state index contributed by atoms with van der Waals surface area (Å²) in [6.45, 7) is 2.64. The van der Waals surface area contributed by atoms with Gasteiger partial charge in [-0.2, -0.15) is 0 Å². The number of hydrogen-bond donors (Lipinski definition) is 1. The van der Waals surface area contributed by atoms with Crippen LogP contribution in [0.4, 0.5) is 10.1 Å². The second kappa shape index (κ2) is 5.50. The van der Waals surface area contributed by atoms with Gasteiger partial charge in [-0.3, -0.25) is 0 Å². The van der Waals surface area contributed by atoms with E-state index in [1.165, 1.54) is 10.9 Å². The molecular formula is C12H10Br2FNS. The molecule has 17 heavy (non-hydrogen) atoms. The van der Waals surface area contributed by atoms with Crippen LogP contribution in [0.25, 0.3) is 0 Å². The van der Waals surface area contributed by atoms with Crippen molar-refractivity contribution in [3.05, 3.63) is 48.8 Å². The number of aryl methyl sites for hydroxylation is 1. The van der Waals surface area contributed by atoms with Crippen molar-refractivity contribution in [3.63, 3.8) is 0 Å². The summed E-state index contributed by atoms with van der Waals surface area (Å²) in [5.74, 6) is -0.230. The number of rotatable bonds is 3. The molecule has 0 atom stereocenters. The first kappa shape index (κ1) is 13.1. The smallest absolute Gasteiger partial charge is 0.137 e. The lowest BCUT2D eigenvalue weighted by atomic mass is 10.2. The summed E-state index contributed by atoms with van der Waals surface area (Å²) >= 11 is 8.31. The Hall–Kier alpha value is -0.390. The zero-order valence-electron chi connectivity index (χ0n) is 9.06. The van der Waals surface area contributed by atoms with E-state index in [0.717, 1.165) is 21.6 Å². The zero-order valence-corrected chi connectivity index (χ0v) is 13.0. The van der Waals surface area contributed by atoms with Gasteiger partial charge in [-0.05, 0) is 68.6 Å². The van der Waals surface area contributed by atoms with Gasteiger partial charge in [-0.15, -0.1) is 11.3 Å². The van der Waals surface area contributed by atoms with Crippen LogP contribution in [0, 0.1) is 12.7 Å². The van der Waals surface area contributed by atoms with Crippen molar-refractivity contribution in [1.82, 2.24) is 0 Å². The molecule has 1 aromatic heterocycles. The number of benzene rings is 1. The van der Waals surface area contributed by atoms with Gasteiger partial charge in [0.2, 0.25) is 0 Å². The maximum atomic E-state index is 13.2. The van der Waals surface area contributed by atoms with Crippen LogP contribution >= 0.6 is 43.2 Å². The van der Waals surface area contributed by atoms with Crippen LogP contribution in [0.2, 0.25) is 0 Å². The fourth-order valence-corrected chi connectivity index (χ4v) is 3.23. The number of halogens is 3. The van der Waals surface area contributed by atoms with E-state index in [-0.39, 0.29) is 5.82 Å². The van der Waals surface area contributed by atoms with E-state index < -0.39 is 0 Å². The lowest BCUT2D eigenvalue weighted by Gasteiger charge is -2.09. The Morgan fingerprint density at radius 3 is 2.71 bits per heavy atom. The molecule has 5 heteroatoms. The van der Waals surface area contributed by atoms with Crippen LogP contribution < -0.4 is 5.32 Å². The van der Waals surface area contributed by atoms with E-state index in [9.17, 15) is 4.39 Å². The largest absolute Gasteiger partial charge is 0.380 e. The minimum absolute atomic E-state index is 0.230. The second-order valence-corrected chi connectivity index (χ2v) is 7.04. The van der Waals surface area contributed by atoms with Gasteiger partial charge >= 0.3 is 0 Å². The van der Waals surface area contributed by atoms with Gasteiger partial charge < -0.3 is 5.32 Å². The molecule has 0 saturated carbocycles. The summed E-state index contributed by atoms with van der Waals surface area (Å²) in [7, 11) is 0. The van der Waals surface area contributed by atoms with Crippen molar-refractivity contribution < 1.29 is 4.39 Å². The number of thiophene rings is 1. The molecule has 0 spiro atoms. The lowest BCUT2D eigenvalue weighted by Crippen LogP contribution is -2.00. The van der Waals surface area contributed by atoms with Crippen LogP contribution in [0.3, 0.4) is 0 Å². The van der Waals surface area contributed by atoms with Gasteiger partial charge in [0, 0.05) is 17.1 Å². The van der Waals surface area contributed by atoms with Crippen LogP contribution in [0.15, 0.2) is 32.5 Å². The van der Waals surface area contributed by atoms with Gasteiger partial charge in [0.05, 0.1) is 8.26 Å². The normalized spacial score (nSPS) is 10.6. The molecule has 0 aliphatic heterocycles. The van der Waals surface area contributed by atoms with E-state index in [2.05, 4.69) is 43.2 Å². The Balaban J connectivity index is 2.11. The lowest BCUT2D eigenvalue weighted by molar-refractivity contribution is 0.620. The van der Waals surface area contributed by atoms with E-state index >= 15 is 0 Å². The SMILES string of the molecule is Cc1cc(F)c(Br)cc1NCc1ccc(Br)s1. The predicted molar refractivity (Wildman–Crippen MR) is 78.2 cm³/mol. The summed E-state index contributed by atoms with van der Waals surface area (Å²) in [4.78, 5) is 1.23. The molecule has 1 N–H and O–H groups in total. The van der Waals surface area contributed by atoms with Crippen molar-refractivity contribution in [2.24, 2.45) is 0 Å². The molecule has 90 valence electrons. The highest BCUT2D eigenvalue weighted by atomic mass is 79.9. The Bertz CT molecular complexity index is 539. The number of nitrogens with one attached hydrogen (secondary N) is 1. The van der Waals surface area contributed by atoms with E-state index in [0.29, 0.717) is 4.47 Å². The second-order valence-electron chi connectivity index (χ2n) is 3.64. The molecule has 2 aromatic rings. The highest BCUT2D eigenvalue weighted by Crippen LogP contribution is 2.26. The molecule has 0 saturated heterocycles. The summed E-state index contributed by atoms with van der Waals surface area (Å²) in [5.41, 5.74) is 1.85. The van der Waals surface area contributed by atoms with Gasteiger partial charge in [-0.1, -0.05) is 0 Å². The third-order valence-electron chi connectivity index (χ3n) is 2.35. The van der Waals surface area contributed by atoms with E-state index in [1.54, 1.807) is 17.4 Å². The molecule has 1 heterocycles. The Labute approximate surface area is 120 Å². The van der Waals surface area contributed by atoms with Crippen LogP contribution in [0.5, 0.6) is 0 Å². The highest BCUT2D eigenvalue weighted by Gasteiger charge is 2.05. The highest BCUT2D eigenvalue weighted by molar-refractivity contribution is 9.11. The van der Waals surface area contributed by atoms with Crippen molar-refractivity contribution in [1.29, 1.82) is 0 Å². The Morgan fingerprint density at radius 1 is 1.29 bits per heavy atom. The van der Waals surface area contributed by atoms with Gasteiger partial charge in [0.15, 0.2) is 0 Å². The molecule has 1 aromatic carbocycles. The van der Waals surface area contributed by atoms with Crippen molar-refractivity contribution in [2.45, 2.75) is 13.5 Å². The molecular weight excluding hydrogens is 369 g/mol. The van der Waals surface area contributed by atoms with Crippen LogP contribution in [-0.4, -0.2) is 0 Å². The minimum atomic E-state index is -0.230. The number of anilines is 1. The molecule has 0 bridgehead atoms. The fourth-order valence-electron chi connectivity index (χ4n) is 1.47. The summed E-state index contributed by atoms with van der Waals surface area (Å²) < 4.78 is 14.8. The Morgan fingerprint density at radius 2 is 2.06 bits per heavy atom. The van der Waals surface area contributed by atoms with E-state index in [4.69, 9.17) is 0 Å². The summed E-state index contributed by atoms with van der Waals surface area (Å²) in [6.07, 6.45) is 0. The monoisotopic (exact) mass is 377 g/mol. The minimum Gasteiger partial charge on any atom is -0.380 e. The van der Waals surface area contributed by atoms with Crippen molar-refractivity contribution in [2.75, 3.05) is 5.32 Å². The first-order chi connectivity index (χ1) is 8.06. The molecule has 0 aliphatic carbocycles. The van der Waals surface area contributed by atoms with Gasteiger partial charge in [0.25, 0.3) is 0 Å². The standard InChI is InChI=1S/C12H10Br2FNS/c1-7-4-10(15)9(13)5-11(7)16-6-8-2-3-12(14)17-8/h2-5,16H,6H2,1H3. The average molecular weight is 379 g/mol. The van der Waals surface area contributed by atoms with Gasteiger partial charge in [-0.25, -0.2) is 4.39 Å². The third-order valence-corrected chi connectivity index (χ3v) is 4.58.